The predicted octanol–water partition coefficient (Wildman–Crippen LogP) is 3.35. The van der Waals surface area contributed by atoms with Crippen molar-refractivity contribution in [2.24, 2.45) is 0 Å². The molecule has 4 rings (SSSR count). The van der Waals surface area contributed by atoms with Crippen molar-refractivity contribution in [3.63, 3.8) is 0 Å². The molecule has 8 heteroatoms. The number of pyridine rings is 1. The van der Waals surface area contributed by atoms with Crippen LogP contribution in [-0.2, 0) is 0 Å². The number of likely N-dealkylation sites (tertiary alicyclic amines) is 1. The van der Waals surface area contributed by atoms with Gasteiger partial charge >= 0.3 is 6.03 Å². The monoisotopic (exact) mass is 392 g/mol. The van der Waals surface area contributed by atoms with E-state index in [-0.39, 0.29) is 12.1 Å². The Morgan fingerprint density at radius 1 is 1.10 bits per heavy atom. The summed E-state index contributed by atoms with van der Waals surface area (Å²) in [6.45, 7) is 5.43. The number of benzene rings is 1. The Balaban J connectivity index is 1.29. The lowest BCUT2D eigenvalue weighted by Crippen LogP contribution is -2.43. The van der Waals surface area contributed by atoms with Gasteiger partial charge < -0.3 is 15.0 Å². The summed E-state index contributed by atoms with van der Waals surface area (Å²) in [5.41, 5.74) is 2.96. The molecule has 0 bridgehead atoms. The maximum atomic E-state index is 12.6. The van der Waals surface area contributed by atoms with Crippen LogP contribution in [0.25, 0.3) is 5.82 Å². The Morgan fingerprint density at radius 2 is 1.86 bits per heavy atom. The number of hydrogen-bond donors (Lipinski definition) is 1. The van der Waals surface area contributed by atoms with E-state index in [1.807, 2.05) is 4.90 Å². The highest BCUT2D eigenvalue weighted by Gasteiger charge is 2.24. The van der Waals surface area contributed by atoms with E-state index >= 15 is 0 Å². The van der Waals surface area contributed by atoms with Crippen LogP contribution in [0.1, 0.15) is 24.0 Å². The first-order chi connectivity index (χ1) is 14.1. The first kappa shape index (κ1) is 18.9. The third-order valence-corrected chi connectivity index (χ3v) is 4.99. The van der Waals surface area contributed by atoms with Crippen molar-refractivity contribution in [3.05, 3.63) is 60.0 Å². The fourth-order valence-electron chi connectivity index (χ4n) is 3.31. The summed E-state index contributed by atoms with van der Waals surface area (Å²) in [4.78, 5) is 20.1. The van der Waals surface area contributed by atoms with Gasteiger partial charge in [0.25, 0.3) is 0 Å². The van der Waals surface area contributed by atoms with Crippen LogP contribution in [0.2, 0.25) is 0 Å². The number of urea groups is 1. The molecular weight excluding hydrogens is 368 g/mol. The number of ether oxygens (including phenoxy) is 1. The highest BCUT2D eigenvalue weighted by Crippen LogP contribution is 2.24. The molecule has 0 radical (unpaired) electrons. The van der Waals surface area contributed by atoms with E-state index in [1.165, 1.54) is 10.4 Å². The molecule has 1 aliphatic rings. The lowest BCUT2D eigenvalue weighted by Gasteiger charge is -2.32. The van der Waals surface area contributed by atoms with Gasteiger partial charge in [0.05, 0.1) is 24.3 Å². The molecule has 8 nitrogen and oxygen atoms in total. The molecule has 0 atom stereocenters. The molecule has 0 saturated carbocycles. The molecule has 1 aliphatic heterocycles. The van der Waals surface area contributed by atoms with Crippen LogP contribution in [-0.4, -0.2) is 50.1 Å². The molecule has 29 heavy (non-hydrogen) atoms. The third kappa shape index (κ3) is 4.53. The summed E-state index contributed by atoms with van der Waals surface area (Å²) in [7, 11) is 0. The molecule has 1 N–H and O–H groups in total. The van der Waals surface area contributed by atoms with Crippen molar-refractivity contribution >= 4 is 11.7 Å². The van der Waals surface area contributed by atoms with E-state index in [9.17, 15) is 4.79 Å². The molecule has 2 aromatic heterocycles. The van der Waals surface area contributed by atoms with Crippen molar-refractivity contribution in [1.29, 1.82) is 0 Å². The number of nitrogens with zero attached hydrogens (tertiary/aromatic N) is 5. The molecule has 0 spiro atoms. The molecule has 1 fully saturated rings. The standard InChI is InChI=1S/C21H24N6O2/c1-15-3-4-16(2)19(13-15)29-18-7-11-26(12-8-18)21(28)25-17-5-6-20(22-14-17)27-23-9-10-24-27/h3-6,9-10,13-14,18H,7-8,11-12H2,1-2H3,(H,25,28). The van der Waals surface area contributed by atoms with Gasteiger partial charge in [-0.3, -0.25) is 0 Å². The number of piperidine rings is 1. The quantitative estimate of drug-likeness (QED) is 0.736. The zero-order chi connectivity index (χ0) is 20.2. The number of nitrogens with one attached hydrogen (secondary N) is 1. The number of aryl methyl sites for hydroxylation is 2. The van der Waals surface area contributed by atoms with Crippen LogP contribution in [0.3, 0.4) is 0 Å². The third-order valence-electron chi connectivity index (χ3n) is 4.99. The van der Waals surface area contributed by atoms with Crippen LogP contribution >= 0.6 is 0 Å². The maximum absolute atomic E-state index is 12.6. The molecule has 3 aromatic rings. The number of hydrogen-bond acceptors (Lipinski definition) is 5. The van der Waals surface area contributed by atoms with Gasteiger partial charge in [0.2, 0.25) is 0 Å². The normalized spacial score (nSPS) is 14.6. The summed E-state index contributed by atoms with van der Waals surface area (Å²) in [6.07, 6.45) is 6.52. The SMILES string of the molecule is Cc1ccc(C)c(OC2CCN(C(=O)Nc3ccc(-n4nccn4)nc3)CC2)c1. The van der Waals surface area contributed by atoms with Crippen molar-refractivity contribution in [3.8, 4) is 11.6 Å². The highest BCUT2D eigenvalue weighted by molar-refractivity contribution is 5.89. The summed E-state index contributed by atoms with van der Waals surface area (Å²) >= 11 is 0. The van der Waals surface area contributed by atoms with Crippen LogP contribution in [0.15, 0.2) is 48.9 Å². The maximum Gasteiger partial charge on any atom is 0.321 e. The number of carbonyl (C=O) groups excluding carboxylic acids is 1. The fourth-order valence-corrected chi connectivity index (χ4v) is 3.31. The summed E-state index contributed by atoms with van der Waals surface area (Å²) in [6, 6.07) is 9.67. The second kappa shape index (κ2) is 8.30. The van der Waals surface area contributed by atoms with E-state index < -0.39 is 0 Å². The molecule has 3 heterocycles. The van der Waals surface area contributed by atoms with Gasteiger partial charge in [0.1, 0.15) is 11.9 Å². The molecule has 2 amide bonds. The predicted molar refractivity (Wildman–Crippen MR) is 109 cm³/mol. The van der Waals surface area contributed by atoms with Gasteiger partial charge in [-0.2, -0.15) is 10.2 Å². The fraction of sp³-hybridized carbons (Fsp3) is 0.333. The number of carbonyl (C=O) groups is 1. The Bertz CT molecular complexity index is 963. The molecule has 1 aromatic carbocycles. The second-order valence-corrected chi connectivity index (χ2v) is 7.23. The van der Waals surface area contributed by atoms with Crippen LogP contribution < -0.4 is 10.1 Å². The number of amides is 2. The average Bonchev–Trinajstić information content (AvgIpc) is 3.27. The summed E-state index contributed by atoms with van der Waals surface area (Å²) in [5, 5.41) is 11.0. The number of rotatable bonds is 4. The number of aromatic nitrogens is 4. The minimum absolute atomic E-state index is 0.123. The minimum atomic E-state index is -0.123. The van der Waals surface area contributed by atoms with Gasteiger partial charge in [-0.1, -0.05) is 12.1 Å². The Labute approximate surface area is 169 Å². The molecule has 150 valence electrons. The molecule has 0 unspecified atom stereocenters. The largest absolute Gasteiger partial charge is 0.490 e. The van der Waals surface area contributed by atoms with Crippen molar-refractivity contribution < 1.29 is 9.53 Å². The zero-order valence-corrected chi connectivity index (χ0v) is 16.6. The highest BCUT2D eigenvalue weighted by atomic mass is 16.5. The van der Waals surface area contributed by atoms with E-state index in [0.29, 0.717) is 24.6 Å². The van der Waals surface area contributed by atoms with Crippen molar-refractivity contribution in [2.45, 2.75) is 32.8 Å². The molecule has 0 aliphatic carbocycles. The topological polar surface area (TPSA) is 85.2 Å². The van der Waals surface area contributed by atoms with Gasteiger partial charge in [-0.15, -0.1) is 4.80 Å². The van der Waals surface area contributed by atoms with Crippen molar-refractivity contribution in [1.82, 2.24) is 24.9 Å². The smallest absolute Gasteiger partial charge is 0.321 e. The average molecular weight is 392 g/mol. The van der Waals surface area contributed by atoms with Gasteiger partial charge in [-0.05, 0) is 43.2 Å². The van der Waals surface area contributed by atoms with Gasteiger partial charge in [0, 0.05) is 25.9 Å². The van der Waals surface area contributed by atoms with E-state index in [4.69, 9.17) is 4.74 Å². The Kier molecular flexibility index (Phi) is 5.41. The molecular formula is C21H24N6O2. The molecule has 1 saturated heterocycles. The van der Waals surface area contributed by atoms with Crippen LogP contribution in [0.5, 0.6) is 5.75 Å². The number of anilines is 1. The summed E-state index contributed by atoms with van der Waals surface area (Å²) < 4.78 is 6.18. The van der Waals surface area contributed by atoms with E-state index in [2.05, 4.69) is 52.5 Å². The van der Waals surface area contributed by atoms with Crippen LogP contribution in [0.4, 0.5) is 10.5 Å². The zero-order valence-electron chi connectivity index (χ0n) is 16.6. The first-order valence-corrected chi connectivity index (χ1v) is 9.71. The van der Waals surface area contributed by atoms with Crippen LogP contribution in [0, 0.1) is 13.8 Å². The van der Waals surface area contributed by atoms with Crippen molar-refractivity contribution in [2.75, 3.05) is 18.4 Å². The van der Waals surface area contributed by atoms with E-state index in [0.717, 1.165) is 24.2 Å². The van der Waals surface area contributed by atoms with Gasteiger partial charge in [0.15, 0.2) is 5.82 Å². The first-order valence-electron chi connectivity index (χ1n) is 9.71. The second-order valence-electron chi connectivity index (χ2n) is 7.23. The summed E-state index contributed by atoms with van der Waals surface area (Å²) in [5.74, 6) is 1.53. The Hall–Kier alpha value is -3.42. The lowest BCUT2D eigenvalue weighted by molar-refractivity contribution is 0.115. The minimum Gasteiger partial charge on any atom is -0.490 e. The van der Waals surface area contributed by atoms with Gasteiger partial charge in [-0.25, -0.2) is 9.78 Å². The lowest BCUT2D eigenvalue weighted by atomic mass is 10.1. The Morgan fingerprint density at radius 3 is 2.55 bits per heavy atom. The van der Waals surface area contributed by atoms with E-state index in [1.54, 1.807) is 30.7 Å².